The summed E-state index contributed by atoms with van der Waals surface area (Å²) in [6, 6.07) is 2.91. The van der Waals surface area contributed by atoms with Gasteiger partial charge >= 0.3 is 12.2 Å². The number of fused-ring (bicyclic) bond motifs is 1. The highest BCUT2D eigenvalue weighted by molar-refractivity contribution is 5.89. The monoisotopic (exact) mass is 312 g/mol. The highest BCUT2D eigenvalue weighted by Gasteiger charge is 2.39. The minimum Gasteiger partial charge on any atom is -0.315 e. The summed E-state index contributed by atoms with van der Waals surface area (Å²) >= 11 is 0. The number of alkyl halides is 3. The van der Waals surface area contributed by atoms with Crippen molar-refractivity contribution in [1.82, 2.24) is 24.6 Å². The molecule has 2 aromatic rings. The molecule has 0 atom stereocenters. The molecule has 0 aliphatic carbocycles. The lowest BCUT2D eigenvalue weighted by atomic mass is 10.3. The molecule has 0 spiro atoms. The van der Waals surface area contributed by atoms with E-state index in [0.717, 1.165) is 4.57 Å². The number of carbonyl (C=O) groups excluding carboxylic acids is 1. The third-order valence-electron chi connectivity index (χ3n) is 3.21. The molecule has 0 aromatic carbocycles. The van der Waals surface area contributed by atoms with Crippen molar-refractivity contribution in [3.05, 3.63) is 36.2 Å². The van der Waals surface area contributed by atoms with Crippen LogP contribution in [-0.2, 0) is 19.3 Å². The number of amides is 2. The number of nitrogens with one attached hydrogen (secondary N) is 1. The Kier molecular flexibility index (Phi) is 3.43. The van der Waals surface area contributed by atoms with Crippen molar-refractivity contribution in [3.63, 3.8) is 0 Å². The zero-order valence-corrected chi connectivity index (χ0v) is 11.2. The van der Waals surface area contributed by atoms with Gasteiger partial charge in [0.2, 0.25) is 5.82 Å². The van der Waals surface area contributed by atoms with E-state index in [2.05, 4.69) is 20.5 Å². The third kappa shape index (κ3) is 2.71. The van der Waals surface area contributed by atoms with Gasteiger partial charge in [-0.1, -0.05) is 0 Å². The first-order chi connectivity index (χ1) is 10.4. The molecule has 0 unspecified atom stereocenters. The van der Waals surface area contributed by atoms with Crippen molar-refractivity contribution in [3.8, 4) is 0 Å². The zero-order chi connectivity index (χ0) is 15.7. The van der Waals surface area contributed by atoms with E-state index in [-0.39, 0.29) is 25.5 Å². The average Bonchev–Trinajstić information content (AvgIpc) is 2.91. The second-order valence-electron chi connectivity index (χ2n) is 4.68. The predicted octanol–water partition coefficient (Wildman–Crippen LogP) is 1.74. The summed E-state index contributed by atoms with van der Waals surface area (Å²) in [6.07, 6.45) is -1.50. The Balaban J connectivity index is 1.72. The Morgan fingerprint density at radius 2 is 2.09 bits per heavy atom. The zero-order valence-electron chi connectivity index (χ0n) is 11.2. The molecule has 22 heavy (non-hydrogen) atoms. The van der Waals surface area contributed by atoms with E-state index in [1.807, 2.05) is 0 Å². The molecule has 3 rings (SSSR count). The maximum atomic E-state index is 12.7. The maximum absolute atomic E-state index is 12.7. The fourth-order valence-corrected chi connectivity index (χ4v) is 2.18. The minimum absolute atomic E-state index is 0.00234. The van der Waals surface area contributed by atoms with Crippen LogP contribution in [0.25, 0.3) is 0 Å². The maximum Gasteiger partial charge on any atom is 0.451 e. The van der Waals surface area contributed by atoms with E-state index in [1.54, 1.807) is 18.3 Å². The lowest BCUT2D eigenvalue weighted by molar-refractivity contribution is -0.147. The van der Waals surface area contributed by atoms with Crippen LogP contribution in [0.15, 0.2) is 24.5 Å². The first-order valence-electron chi connectivity index (χ1n) is 6.40. The lowest BCUT2D eigenvalue weighted by Crippen LogP contribution is -2.41. The first-order valence-corrected chi connectivity index (χ1v) is 6.40. The van der Waals surface area contributed by atoms with Gasteiger partial charge in [0.15, 0.2) is 5.82 Å². The second-order valence-corrected chi connectivity index (χ2v) is 4.68. The standard InChI is InChI=1S/C12H11F3N6O/c13-12(14,15)10-19-18-9-7-20(4-5-21(9)10)11(22)17-8-2-1-3-16-6-8/h1-3,6H,4-5,7H2,(H,17,22). The molecule has 116 valence electrons. The van der Waals surface area contributed by atoms with Crippen LogP contribution in [0.4, 0.5) is 23.7 Å². The number of carbonyl (C=O) groups is 1. The summed E-state index contributed by atoms with van der Waals surface area (Å²) in [5.41, 5.74) is 0.510. The number of nitrogens with zero attached hydrogens (tertiary/aromatic N) is 5. The molecule has 1 aliphatic heterocycles. The molecule has 0 fully saturated rings. The van der Waals surface area contributed by atoms with Crippen molar-refractivity contribution in [2.45, 2.75) is 19.3 Å². The van der Waals surface area contributed by atoms with Crippen LogP contribution in [0.2, 0.25) is 0 Å². The van der Waals surface area contributed by atoms with Gasteiger partial charge in [-0.3, -0.25) is 4.98 Å². The molecule has 3 heterocycles. The Bertz CT molecular complexity index is 684. The fourth-order valence-electron chi connectivity index (χ4n) is 2.18. The predicted molar refractivity (Wildman–Crippen MR) is 68.7 cm³/mol. The number of hydrogen-bond donors (Lipinski definition) is 1. The first kappa shape index (κ1) is 14.3. The number of anilines is 1. The van der Waals surface area contributed by atoms with Gasteiger partial charge in [-0.05, 0) is 12.1 Å². The summed E-state index contributed by atoms with van der Waals surface area (Å²) in [4.78, 5) is 17.3. The van der Waals surface area contributed by atoms with E-state index < -0.39 is 18.0 Å². The smallest absolute Gasteiger partial charge is 0.315 e. The molecule has 7 nitrogen and oxygen atoms in total. The van der Waals surface area contributed by atoms with Gasteiger partial charge in [-0.15, -0.1) is 10.2 Å². The Labute approximate surface area is 122 Å². The van der Waals surface area contributed by atoms with Gasteiger partial charge in [-0.25, -0.2) is 4.79 Å². The van der Waals surface area contributed by atoms with E-state index in [1.165, 1.54) is 11.1 Å². The molecule has 2 amide bonds. The average molecular weight is 312 g/mol. The number of halogens is 3. The minimum atomic E-state index is -4.55. The second kappa shape index (κ2) is 5.28. The Morgan fingerprint density at radius 3 is 2.77 bits per heavy atom. The third-order valence-corrected chi connectivity index (χ3v) is 3.21. The van der Waals surface area contributed by atoms with Crippen LogP contribution in [0.1, 0.15) is 11.6 Å². The number of hydrogen-bond acceptors (Lipinski definition) is 4. The van der Waals surface area contributed by atoms with Crippen molar-refractivity contribution >= 4 is 11.7 Å². The Hall–Kier alpha value is -2.65. The van der Waals surface area contributed by atoms with Crippen molar-refractivity contribution in [2.24, 2.45) is 0 Å². The van der Waals surface area contributed by atoms with Crippen LogP contribution in [0, 0.1) is 0 Å². The van der Waals surface area contributed by atoms with Gasteiger partial charge < -0.3 is 14.8 Å². The molecule has 0 radical (unpaired) electrons. The van der Waals surface area contributed by atoms with Crippen LogP contribution >= 0.6 is 0 Å². The number of urea groups is 1. The van der Waals surface area contributed by atoms with Gasteiger partial charge in [-0.2, -0.15) is 13.2 Å². The van der Waals surface area contributed by atoms with Crippen molar-refractivity contribution < 1.29 is 18.0 Å². The van der Waals surface area contributed by atoms with Gasteiger partial charge in [0, 0.05) is 19.3 Å². The molecule has 1 aliphatic rings. The van der Waals surface area contributed by atoms with Crippen LogP contribution < -0.4 is 5.32 Å². The van der Waals surface area contributed by atoms with E-state index in [0.29, 0.717) is 5.69 Å². The van der Waals surface area contributed by atoms with Gasteiger partial charge in [0.05, 0.1) is 18.4 Å². The lowest BCUT2D eigenvalue weighted by Gasteiger charge is -2.28. The number of aromatic nitrogens is 4. The summed E-state index contributed by atoms with van der Waals surface area (Å²) in [5.74, 6) is -0.922. The molecule has 0 saturated heterocycles. The van der Waals surface area contributed by atoms with Crippen molar-refractivity contribution in [1.29, 1.82) is 0 Å². The summed E-state index contributed by atoms with van der Waals surface area (Å²) < 4.78 is 39.2. The van der Waals surface area contributed by atoms with E-state index >= 15 is 0 Å². The van der Waals surface area contributed by atoms with E-state index in [4.69, 9.17) is 0 Å². The largest absolute Gasteiger partial charge is 0.451 e. The molecule has 0 saturated carbocycles. The highest BCUT2D eigenvalue weighted by Crippen LogP contribution is 2.29. The number of pyridine rings is 1. The van der Waals surface area contributed by atoms with Crippen molar-refractivity contribution in [2.75, 3.05) is 11.9 Å². The van der Waals surface area contributed by atoms with Crippen LogP contribution in [-0.4, -0.2) is 37.2 Å². The summed E-state index contributed by atoms with van der Waals surface area (Å²) in [7, 11) is 0. The molecule has 10 heteroatoms. The molecular weight excluding hydrogens is 301 g/mol. The Morgan fingerprint density at radius 1 is 1.27 bits per heavy atom. The molecule has 1 N–H and O–H groups in total. The molecule has 0 bridgehead atoms. The topological polar surface area (TPSA) is 75.9 Å². The fraction of sp³-hybridized carbons (Fsp3) is 0.333. The quantitative estimate of drug-likeness (QED) is 0.870. The molecule has 2 aromatic heterocycles. The van der Waals surface area contributed by atoms with Gasteiger partial charge in [0.25, 0.3) is 0 Å². The van der Waals surface area contributed by atoms with E-state index in [9.17, 15) is 18.0 Å². The highest BCUT2D eigenvalue weighted by atomic mass is 19.4. The summed E-state index contributed by atoms with van der Waals surface area (Å²) in [5, 5.41) is 9.31. The van der Waals surface area contributed by atoms with Crippen LogP contribution in [0.3, 0.4) is 0 Å². The normalized spacial score (nSPS) is 14.6. The van der Waals surface area contributed by atoms with Gasteiger partial charge in [0.1, 0.15) is 0 Å². The SMILES string of the molecule is O=C(Nc1cccnc1)N1CCn2c(nnc2C(F)(F)F)C1. The van der Waals surface area contributed by atoms with Crippen LogP contribution in [0.5, 0.6) is 0 Å². The molecular formula is C12H11F3N6O. The number of rotatable bonds is 1. The summed E-state index contributed by atoms with van der Waals surface area (Å²) in [6.45, 7) is 0.104.